The van der Waals surface area contributed by atoms with Crippen LogP contribution in [0.25, 0.3) is 10.8 Å². The summed E-state index contributed by atoms with van der Waals surface area (Å²) in [5.74, 6) is -0.422. The fourth-order valence-corrected chi connectivity index (χ4v) is 8.77. The molecule has 14 nitrogen and oxygen atoms in total. The predicted molar refractivity (Wildman–Crippen MR) is 217 cm³/mol. The number of nitrogens with zero attached hydrogens (tertiary/aromatic N) is 3. The topological polar surface area (TPSA) is 191 Å². The van der Waals surface area contributed by atoms with Crippen LogP contribution >= 0.6 is 0 Å². The molecule has 0 saturated carbocycles. The van der Waals surface area contributed by atoms with Gasteiger partial charge in [-0.1, -0.05) is 72.8 Å². The zero-order chi connectivity index (χ0) is 40.7. The number of cyclic esters (lactones) is 1. The van der Waals surface area contributed by atoms with Gasteiger partial charge >= 0.3 is 12.1 Å². The number of fused-ring (bicyclic) bond motifs is 1. The largest absolute Gasteiger partial charge is 0.496 e. The lowest BCUT2D eigenvalue weighted by atomic mass is 10.0. The van der Waals surface area contributed by atoms with Gasteiger partial charge in [0, 0.05) is 19.5 Å². The molecule has 4 aromatic carbocycles. The summed E-state index contributed by atoms with van der Waals surface area (Å²) in [5.41, 5.74) is 9.39. The van der Waals surface area contributed by atoms with Crippen molar-refractivity contribution in [1.29, 1.82) is 0 Å². The van der Waals surface area contributed by atoms with E-state index in [9.17, 15) is 22.8 Å². The van der Waals surface area contributed by atoms with Crippen LogP contribution in [-0.4, -0.2) is 81.5 Å². The Labute approximate surface area is 332 Å². The van der Waals surface area contributed by atoms with Crippen LogP contribution in [0.1, 0.15) is 53.5 Å². The molecule has 0 spiro atoms. The second-order valence-corrected chi connectivity index (χ2v) is 15.8. The molecule has 15 heteroatoms. The molecule has 2 aliphatic rings. The van der Waals surface area contributed by atoms with Gasteiger partial charge < -0.3 is 30.2 Å². The van der Waals surface area contributed by atoms with Gasteiger partial charge in [-0.15, -0.1) is 0 Å². The highest BCUT2D eigenvalue weighted by atomic mass is 32.2. The second-order valence-electron chi connectivity index (χ2n) is 14.2. The number of aliphatic imine (C=N–C) groups is 2. The van der Waals surface area contributed by atoms with Gasteiger partial charge in [0.25, 0.3) is 10.0 Å². The summed E-state index contributed by atoms with van der Waals surface area (Å²) in [4.78, 5) is 50.8. The van der Waals surface area contributed by atoms with Gasteiger partial charge in [-0.2, -0.15) is 0 Å². The lowest BCUT2D eigenvalue weighted by molar-refractivity contribution is -0.137. The number of sulfonamides is 1. The number of likely N-dealkylation sites (tertiary alicyclic amines) is 1. The highest BCUT2D eigenvalue weighted by Gasteiger charge is 2.42. The average molecular weight is 797 g/mol. The van der Waals surface area contributed by atoms with E-state index in [1.165, 1.54) is 7.11 Å². The van der Waals surface area contributed by atoms with Crippen molar-refractivity contribution < 1.29 is 37.0 Å². The number of methoxy groups -OCH3 is 1. The number of amides is 2. The van der Waals surface area contributed by atoms with E-state index >= 15 is 0 Å². The summed E-state index contributed by atoms with van der Waals surface area (Å²) < 4.78 is 45.3. The maximum Gasteiger partial charge on any atom is 0.408 e. The smallest absolute Gasteiger partial charge is 0.408 e. The third kappa shape index (κ3) is 9.71. The standard InChI is InChI=1S/C42H48N6O8S/c1-26-22-36(54-4)27(2)28(3)37(26)57(52,53)47-41(43)44-20-10-16-33-40(50)56-38(45-33)35-17-11-21-48(35)39(49)34(46-42(51)55-25-29-12-6-5-7-13-29)24-30-18-19-31-14-8-9-15-32(31)23-30/h5-9,12-15,18-19,22-23,33-35H,10-11,16-17,20-21,24-25H2,1-4H3,(H,46,51)(H3,43,44,47)/t33-,34+,35-/m0/s1. The highest BCUT2D eigenvalue weighted by Crippen LogP contribution is 2.31. The van der Waals surface area contributed by atoms with Crippen molar-refractivity contribution in [1.82, 2.24) is 14.9 Å². The normalized spacial score (nSPS) is 17.5. The van der Waals surface area contributed by atoms with E-state index in [-0.39, 0.29) is 48.7 Å². The first-order valence-electron chi connectivity index (χ1n) is 18.9. The molecule has 300 valence electrons. The fraction of sp³-hybridized carbons (Fsp3) is 0.357. The molecular formula is C42H48N6O8S. The summed E-state index contributed by atoms with van der Waals surface area (Å²) in [6.07, 6.45) is 1.28. The number of nitrogens with one attached hydrogen (secondary N) is 2. The van der Waals surface area contributed by atoms with Gasteiger partial charge in [0.15, 0.2) is 6.04 Å². The van der Waals surface area contributed by atoms with E-state index in [1.807, 2.05) is 72.8 Å². The SMILES string of the molecule is COc1cc(C)c(S(=O)(=O)NC(N)=NCCC[C@@H]2N=C([C@@H]3CCCN3C(=O)[C@@H](Cc3ccc4ccccc4c3)NC(=O)OCc3ccccc3)OC2=O)c(C)c1C. The Bertz CT molecular complexity index is 2310. The lowest BCUT2D eigenvalue weighted by Crippen LogP contribution is -2.52. The minimum atomic E-state index is -4.03. The maximum atomic E-state index is 14.3. The van der Waals surface area contributed by atoms with Crippen LogP contribution in [0.5, 0.6) is 5.75 Å². The number of alkyl carbamates (subject to hydrolysis) is 1. The Morgan fingerprint density at radius 1 is 1.00 bits per heavy atom. The average Bonchev–Trinajstić information content (AvgIpc) is 3.83. The molecule has 1 saturated heterocycles. The predicted octanol–water partition coefficient (Wildman–Crippen LogP) is 5.00. The molecule has 57 heavy (non-hydrogen) atoms. The number of carbonyl (C=O) groups excluding carboxylic acids is 3. The van der Waals surface area contributed by atoms with E-state index in [2.05, 4.69) is 20.0 Å². The van der Waals surface area contributed by atoms with Crippen molar-refractivity contribution in [2.75, 3.05) is 20.2 Å². The van der Waals surface area contributed by atoms with Gasteiger partial charge in [-0.3, -0.25) is 9.79 Å². The Morgan fingerprint density at radius 2 is 1.74 bits per heavy atom. The van der Waals surface area contributed by atoms with Crippen molar-refractivity contribution in [3.63, 3.8) is 0 Å². The van der Waals surface area contributed by atoms with Gasteiger partial charge in [0.05, 0.1) is 12.0 Å². The Balaban J connectivity index is 1.10. The summed E-state index contributed by atoms with van der Waals surface area (Å²) >= 11 is 0. The molecule has 0 aromatic heterocycles. The van der Waals surface area contributed by atoms with Crippen LogP contribution in [0.3, 0.4) is 0 Å². The lowest BCUT2D eigenvalue weighted by Gasteiger charge is -2.28. The molecule has 0 bridgehead atoms. The minimum Gasteiger partial charge on any atom is -0.496 e. The van der Waals surface area contributed by atoms with Crippen LogP contribution in [0.2, 0.25) is 0 Å². The highest BCUT2D eigenvalue weighted by molar-refractivity contribution is 7.90. The summed E-state index contributed by atoms with van der Waals surface area (Å²) in [6.45, 7) is 5.72. The third-order valence-electron chi connectivity index (χ3n) is 10.3. The molecule has 2 aliphatic heterocycles. The molecule has 0 unspecified atom stereocenters. The van der Waals surface area contributed by atoms with Gasteiger partial charge in [-0.25, -0.2) is 27.7 Å². The van der Waals surface area contributed by atoms with E-state index in [0.29, 0.717) is 48.2 Å². The molecule has 0 aliphatic carbocycles. The van der Waals surface area contributed by atoms with E-state index in [1.54, 1.807) is 31.7 Å². The van der Waals surface area contributed by atoms with Crippen molar-refractivity contribution in [3.8, 4) is 5.75 Å². The zero-order valence-electron chi connectivity index (χ0n) is 32.5. The number of guanidine groups is 1. The first kappa shape index (κ1) is 40.7. The Hall–Kier alpha value is -5.96. The van der Waals surface area contributed by atoms with Crippen molar-refractivity contribution in [2.24, 2.45) is 15.7 Å². The van der Waals surface area contributed by atoms with Crippen LogP contribution in [0.15, 0.2) is 93.7 Å². The number of rotatable bonds is 14. The van der Waals surface area contributed by atoms with Gasteiger partial charge in [0.1, 0.15) is 24.4 Å². The van der Waals surface area contributed by atoms with Crippen LogP contribution < -0.4 is 20.5 Å². The molecule has 4 aromatic rings. The number of hydrogen-bond donors (Lipinski definition) is 3. The zero-order valence-corrected chi connectivity index (χ0v) is 33.3. The van der Waals surface area contributed by atoms with Crippen molar-refractivity contribution in [2.45, 2.75) is 82.5 Å². The number of hydrogen-bond acceptors (Lipinski definition) is 10. The van der Waals surface area contributed by atoms with E-state index in [4.69, 9.17) is 19.9 Å². The van der Waals surface area contributed by atoms with Crippen molar-refractivity contribution >= 4 is 50.6 Å². The van der Waals surface area contributed by atoms with Gasteiger partial charge in [-0.05, 0) is 91.1 Å². The Morgan fingerprint density at radius 3 is 2.49 bits per heavy atom. The number of aryl methyl sites for hydroxylation is 1. The number of nitrogens with two attached hydrogens (primary N) is 1. The Kier molecular flexibility index (Phi) is 12.8. The molecular weight excluding hydrogens is 749 g/mol. The number of esters is 1. The van der Waals surface area contributed by atoms with Crippen LogP contribution in [0, 0.1) is 20.8 Å². The van der Waals surface area contributed by atoms with E-state index < -0.39 is 40.2 Å². The number of carbonyl (C=O) groups is 3. The second kappa shape index (κ2) is 17.9. The first-order chi connectivity index (χ1) is 27.3. The van der Waals surface area contributed by atoms with Crippen LogP contribution in [0.4, 0.5) is 4.79 Å². The molecule has 2 amide bonds. The molecule has 6 rings (SSSR count). The molecule has 1 fully saturated rings. The minimum absolute atomic E-state index is 0.0420. The summed E-state index contributed by atoms with van der Waals surface area (Å²) in [5, 5.41) is 4.86. The quantitative estimate of drug-likeness (QED) is 0.0683. The number of benzene rings is 4. The first-order valence-corrected chi connectivity index (χ1v) is 20.3. The summed E-state index contributed by atoms with van der Waals surface area (Å²) in [7, 11) is -2.51. The third-order valence-corrected chi connectivity index (χ3v) is 11.9. The molecule has 2 heterocycles. The molecule has 4 N–H and O–H groups in total. The monoisotopic (exact) mass is 796 g/mol. The van der Waals surface area contributed by atoms with E-state index in [0.717, 1.165) is 21.9 Å². The summed E-state index contributed by atoms with van der Waals surface area (Å²) in [6, 6.07) is 22.4. The molecule has 0 radical (unpaired) electrons. The van der Waals surface area contributed by atoms with Crippen LogP contribution in [-0.2, 0) is 42.1 Å². The fourth-order valence-electron chi connectivity index (χ4n) is 7.29. The number of ether oxygens (including phenoxy) is 3. The van der Waals surface area contributed by atoms with Crippen molar-refractivity contribution in [3.05, 3.63) is 107 Å². The maximum absolute atomic E-state index is 14.3. The molecule has 3 atom stereocenters. The van der Waals surface area contributed by atoms with Gasteiger partial charge in [0.2, 0.25) is 17.8 Å².